The molecule has 6 heteroatoms. The molecule has 1 saturated carbocycles. The molecule has 2 aromatic rings. The Hall–Kier alpha value is -2.37. The van der Waals surface area contributed by atoms with E-state index in [-0.39, 0.29) is 17.7 Å². The molecule has 1 heterocycles. The third-order valence-electron chi connectivity index (χ3n) is 4.21. The van der Waals surface area contributed by atoms with Gasteiger partial charge in [0.2, 0.25) is 5.91 Å². The predicted molar refractivity (Wildman–Crippen MR) is 83.1 cm³/mol. The number of carbonyl (C=O) groups excluding carboxylic acids is 1. The number of hydrogen-bond acceptors (Lipinski definition) is 2. The van der Waals surface area contributed by atoms with E-state index >= 15 is 0 Å². The van der Waals surface area contributed by atoms with Gasteiger partial charge in [-0.1, -0.05) is 24.3 Å². The van der Waals surface area contributed by atoms with Crippen LogP contribution in [-0.4, -0.2) is 10.9 Å². The quantitative estimate of drug-likeness (QED) is 0.923. The van der Waals surface area contributed by atoms with Gasteiger partial charge in [0.25, 0.3) is 0 Å². The van der Waals surface area contributed by atoms with E-state index in [2.05, 4.69) is 10.3 Å². The number of rotatable bonds is 4. The van der Waals surface area contributed by atoms with E-state index in [4.69, 9.17) is 0 Å². The molecule has 2 atom stereocenters. The van der Waals surface area contributed by atoms with Crippen LogP contribution in [0.15, 0.2) is 42.6 Å². The van der Waals surface area contributed by atoms with Crippen molar-refractivity contribution in [3.8, 4) is 0 Å². The van der Waals surface area contributed by atoms with Crippen LogP contribution in [0, 0.1) is 12.8 Å². The molecule has 1 N–H and O–H groups in total. The minimum absolute atomic E-state index is 0.127. The Labute approximate surface area is 137 Å². The first-order valence-corrected chi connectivity index (χ1v) is 7.71. The van der Waals surface area contributed by atoms with Crippen LogP contribution in [-0.2, 0) is 17.5 Å². The van der Waals surface area contributed by atoms with Gasteiger partial charge in [0.05, 0.1) is 5.56 Å². The first kappa shape index (κ1) is 16.5. The number of hydrogen-bond donors (Lipinski definition) is 1. The zero-order valence-corrected chi connectivity index (χ0v) is 13.1. The lowest BCUT2D eigenvalue weighted by molar-refractivity contribution is -0.137. The molecular formula is C18H17F3N2O. The van der Waals surface area contributed by atoms with Gasteiger partial charge in [-0.25, -0.2) is 0 Å². The molecule has 0 radical (unpaired) electrons. The van der Waals surface area contributed by atoms with Gasteiger partial charge >= 0.3 is 6.18 Å². The Morgan fingerprint density at radius 3 is 2.75 bits per heavy atom. The summed E-state index contributed by atoms with van der Waals surface area (Å²) in [6.45, 7) is 2.25. The monoisotopic (exact) mass is 334 g/mol. The molecule has 1 aliphatic rings. The number of carbonyl (C=O) groups is 1. The van der Waals surface area contributed by atoms with Crippen molar-refractivity contribution in [3.05, 3.63) is 65.0 Å². The van der Waals surface area contributed by atoms with Crippen molar-refractivity contribution in [2.24, 2.45) is 5.92 Å². The summed E-state index contributed by atoms with van der Waals surface area (Å²) < 4.78 is 38.3. The molecule has 1 aromatic carbocycles. The number of aromatic nitrogens is 1. The molecule has 3 rings (SSSR count). The molecule has 24 heavy (non-hydrogen) atoms. The van der Waals surface area contributed by atoms with Crippen LogP contribution in [0.5, 0.6) is 0 Å². The Balaban J connectivity index is 1.58. The van der Waals surface area contributed by atoms with Gasteiger partial charge in [0.1, 0.15) is 0 Å². The second kappa shape index (κ2) is 6.26. The van der Waals surface area contributed by atoms with E-state index < -0.39 is 11.7 Å². The summed E-state index contributed by atoms with van der Waals surface area (Å²) >= 11 is 0. The van der Waals surface area contributed by atoms with Crippen LogP contribution < -0.4 is 5.32 Å². The molecule has 1 aliphatic carbocycles. The minimum atomic E-state index is -4.36. The summed E-state index contributed by atoms with van der Waals surface area (Å²) in [6.07, 6.45) is -2.08. The fourth-order valence-electron chi connectivity index (χ4n) is 2.72. The van der Waals surface area contributed by atoms with E-state index in [1.54, 1.807) is 12.3 Å². The molecule has 126 valence electrons. The summed E-state index contributed by atoms with van der Waals surface area (Å²) in [7, 11) is 0. The van der Waals surface area contributed by atoms with Crippen molar-refractivity contribution >= 4 is 5.91 Å². The van der Waals surface area contributed by atoms with Crippen LogP contribution in [0.3, 0.4) is 0 Å². The van der Waals surface area contributed by atoms with E-state index in [0.29, 0.717) is 18.5 Å². The molecule has 0 saturated heterocycles. The number of alkyl halides is 3. The summed E-state index contributed by atoms with van der Waals surface area (Å²) in [5.74, 6) is -0.520. The number of benzene rings is 1. The van der Waals surface area contributed by atoms with Crippen molar-refractivity contribution in [2.45, 2.75) is 32.0 Å². The highest BCUT2D eigenvalue weighted by molar-refractivity contribution is 5.82. The average molecular weight is 334 g/mol. The lowest BCUT2D eigenvalue weighted by atomic mass is 10.1. The Morgan fingerprint density at radius 1 is 1.29 bits per heavy atom. The predicted octanol–water partition coefficient (Wildman–Crippen LogP) is 3.83. The number of aryl methyl sites for hydroxylation is 1. The maximum absolute atomic E-state index is 12.8. The van der Waals surface area contributed by atoms with Gasteiger partial charge in [0.15, 0.2) is 0 Å². The summed E-state index contributed by atoms with van der Waals surface area (Å²) in [5.41, 5.74) is 1.70. The summed E-state index contributed by atoms with van der Waals surface area (Å²) in [4.78, 5) is 16.3. The molecule has 0 aliphatic heterocycles. The summed E-state index contributed by atoms with van der Waals surface area (Å²) in [5, 5.41) is 2.82. The number of pyridine rings is 1. The number of nitrogens with one attached hydrogen (secondary N) is 1. The SMILES string of the molecule is Cc1ccc(CNC(=O)C2CC2c2cccc(C(F)(F)F)c2)cn1. The molecule has 1 aromatic heterocycles. The molecule has 0 spiro atoms. The largest absolute Gasteiger partial charge is 0.416 e. The molecule has 1 amide bonds. The van der Waals surface area contributed by atoms with Crippen LogP contribution in [0.25, 0.3) is 0 Å². The van der Waals surface area contributed by atoms with Crippen molar-refractivity contribution in [2.75, 3.05) is 0 Å². The number of halogens is 3. The Kier molecular flexibility index (Phi) is 4.30. The highest BCUT2D eigenvalue weighted by Crippen LogP contribution is 2.48. The maximum atomic E-state index is 12.8. The minimum Gasteiger partial charge on any atom is -0.352 e. The van der Waals surface area contributed by atoms with Crippen molar-refractivity contribution in [1.82, 2.24) is 10.3 Å². The normalized spacial score (nSPS) is 19.8. The zero-order valence-electron chi connectivity index (χ0n) is 13.1. The Bertz CT molecular complexity index is 741. The highest BCUT2D eigenvalue weighted by Gasteiger charge is 2.44. The van der Waals surface area contributed by atoms with E-state index in [9.17, 15) is 18.0 Å². The topological polar surface area (TPSA) is 42.0 Å². The zero-order chi connectivity index (χ0) is 17.3. The van der Waals surface area contributed by atoms with Gasteiger partial charge in [-0.2, -0.15) is 13.2 Å². The first-order valence-electron chi connectivity index (χ1n) is 7.71. The Morgan fingerprint density at radius 2 is 2.08 bits per heavy atom. The lowest BCUT2D eigenvalue weighted by Gasteiger charge is -2.09. The van der Waals surface area contributed by atoms with Crippen molar-refractivity contribution in [3.63, 3.8) is 0 Å². The van der Waals surface area contributed by atoms with Gasteiger partial charge < -0.3 is 5.32 Å². The van der Waals surface area contributed by atoms with Crippen LogP contribution >= 0.6 is 0 Å². The lowest BCUT2D eigenvalue weighted by Crippen LogP contribution is -2.25. The molecule has 2 unspecified atom stereocenters. The second-order valence-corrected chi connectivity index (χ2v) is 6.10. The molecule has 3 nitrogen and oxygen atoms in total. The van der Waals surface area contributed by atoms with E-state index in [1.807, 2.05) is 19.1 Å². The third kappa shape index (κ3) is 3.75. The standard InChI is InChI=1S/C18H17F3N2O/c1-11-5-6-12(9-22-11)10-23-17(24)16-8-15(16)13-3-2-4-14(7-13)18(19,20)21/h2-7,9,15-16H,8,10H2,1H3,(H,23,24). The highest BCUT2D eigenvalue weighted by atomic mass is 19.4. The van der Waals surface area contributed by atoms with E-state index in [1.165, 1.54) is 6.07 Å². The second-order valence-electron chi connectivity index (χ2n) is 6.10. The first-order chi connectivity index (χ1) is 11.3. The van der Waals surface area contributed by atoms with Gasteiger partial charge in [-0.15, -0.1) is 0 Å². The molecule has 0 bridgehead atoms. The summed E-state index contributed by atoms with van der Waals surface area (Å²) in [6, 6.07) is 8.98. The van der Waals surface area contributed by atoms with Crippen LogP contribution in [0.1, 0.15) is 34.7 Å². The fourth-order valence-corrected chi connectivity index (χ4v) is 2.72. The smallest absolute Gasteiger partial charge is 0.352 e. The average Bonchev–Trinajstić information content (AvgIpc) is 3.34. The number of amides is 1. The van der Waals surface area contributed by atoms with Gasteiger partial charge in [-0.05, 0) is 42.5 Å². The van der Waals surface area contributed by atoms with Crippen molar-refractivity contribution in [1.29, 1.82) is 0 Å². The van der Waals surface area contributed by atoms with Gasteiger partial charge in [0, 0.05) is 24.4 Å². The van der Waals surface area contributed by atoms with Crippen LogP contribution in [0.2, 0.25) is 0 Å². The maximum Gasteiger partial charge on any atom is 0.416 e. The number of nitrogens with zero attached hydrogens (tertiary/aromatic N) is 1. The van der Waals surface area contributed by atoms with Crippen LogP contribution in [0.4, 0.5) is 13.2 Å². The van der Waals surface area contributed by atoms with Crippen molar-refractivity contribution < 1.29 is 18.0 Å². The fraction of sp³-hybridized carbons (Fsp3) is 0.333. The third-order valence-corrected chi connectivity index (χ3v) is 4.21. The molecular weight excluding hydrogens is 317 g/mol. The van der Waals surface area contributed by atoms with Gasteiger partial charge in [-0.3, -0.25) is 9.78 Å². The van der Waals surface area contributed by atoms with E-state index in [0.717, 1.165) is 23.4 Å². The molecule has 1 fully saturated rings.